The molecule has 128 valence electrons. The molecule has 2 aromatic rings. The summed E-state index contributed by atoms with van der Waals surface area (Å²) in [5.41, 5.74) is 3.85. The summed E-state index contributed by atoms with van der Waals surface area (Å²) in [7, 11) is 4.13. The Kier molecular flexibility index (Phi) is 5.00. The first-order valence-corrected chi connectivity index (χ1v) is 8.60. The summed E-state index contributed by atoms with van der Waals surface area (Å²) >= 11 is 0. The molecule has 0 radical (unpaired) electrons. The normalized spacial score (nSPS) is 17.0. The maximum absolute atomic E-state index is 4.76. The molecule has 1 aliphatic rings. The first-order chi connectivity index (χ1) is 11.5. The number of aryl methyl sites for hydroxylation is 1. The molecule has 1 N–H and O–H groups in total. The molecular formula is C19H27N5. The summed E-state index contributed by atoms with van der Waals surface area (Å²) < 4.78 is 0. The van der Waals surface area contributed by atoms with Gasteiger partial charge < -0.3 is 15.1 Å². The fourth-order valence-corrected chi connectivity index (χ4v) is 3.15. The van der Waals surface area contributed by atoms with E-state index in [-0.39, 0.29) is 0 Å². The van der Waals surface area contributed by atoms with Gasteiger partial charge in [-0.2, -0.15) is 4.98 Å². The van der Waals surface area contributed by atoms with Gasteiger partial charge in [0.05, 0.1) is 0 Å². The van der Waals surface area contributed by atoms with Crippen molar-refractivity contribution < 1.29 is 0 Å². The number of nitrogens with zero attached hydrogens (tertiary/aromatic N) is 4. The molecule has 5 nitrogen and oxygen atoms in total. The summed E-state index contributed by atoms with van der Waals surface area (Å²) in [6.45, 7) is 7.01. The van der Waals surface area contributed by atoms with Gasteiger partial charge in [-0.1, -0.05) is 24.3 Å². The molecule has 0 fully saturated rings. The minimum Gasteiger partial charge on any atom is -0.353 e. The zero-order valence-electron chi connectivity index (χ0n) is 15.1. The number of anilines is 2. The van der Waals surface area contributed by atoms with Crippen molar-refractivity contribution in [3.8, 4) is 0 Å². The van der Waals surface area contributed by atoms with Gasteiger partial charge in [-0.3, -0.25) is 0 Å². The topological polar surface area (TPSA) is 44.3 Å². The van der Waals surface area contributed by atoms with Crippen LogP contribution in [0, 0.1) is 6.92 Å². The summed E-state index contributed by atoms with van der Waals surface area (Å²) in [6, 6.07) is 11.2. The van der Waals surface area contributed by atoms with E-state index in [1.807, 2.05) is 6.92 Å². The molecule has 1 aromatic carbocycles. The van der Waals surface area contributed by atoms with Gasteiger partial charge in [-0.15, -0.1) is 0 Å². The van der Waals surface area contributed by atoms with Crippen molar-refractivity contribution in [2.45, 2.75) is 32.9 Å². The Morgan fingerprint density at radius 3 is 2.71 bits per heavy atom. The lowest BCUT2D eigenvalue weighted by molar-refractivity contribution is 0.425. The second-order valence-electron chi connectivity index (χ2n) is 6.87. The maximum atomic E-state index is 4.76. The third kappa shape index (κ3) is 3.85. The highest BCUT2D eigenvalue weighted by Crippen LogP contribution is 2.28. The highest BCUT2D eigenvalue weighted by atomic mass is 15.3. The predicted molar refractivity (Wildman–Crippen MR) is 99.6 cm³/mol. The Bertz CT molecular complexity index is 698. The molecule has 0 unspecified atom stereocenters. The Labute approximate surface area is 144 Å². The number of hydrogen-bond donors (Lipinski definition) is 1. The average Bonchev–Trinajstić information content (AvgIpc) is 2.53. The molecule has 1 aliphatic heterocycles. The Balaban J connectivity index is 1.80. The Hall–Kier alpha value is -2.14. The third-order valence-corrected chi connectivity index (χ3v) is 4.48. The van der Waals surface area contributed by atoms with Crippen molar-refractivity contribution in [2.24, 2.45) is 0 Å². The molecule has 24 heavy (non-hydrogen) atoms. The lowest BCUT2D eigenvalue weighted by Crippen LogP contribution is -2.39. The zero-order valence-corrected chi connectivity index (χ0v) is 15.1. The number of aromatic nitrogens is 2. The van der Waals surface area contributed by atoms with E-state index in [0.29, 0.717) is 6.04 Å². The molecule has 0 saturated carbocycles. The van der Waals surface area contributed by atoms with E-state index >= 15 is 0 Å². The van der Waals surface area contributed by atoms with Crippen LogP contribution in [-0.4, -0.2) is 48.1 Å². The zero-order chi connectivity index (χ0) is 17.1. The van der Waals surface area contributed by atoms with E-state index in [1.165, 1.54) is 11.1 Å². The molecule has 1 atom stereocenters. The number of rotatable bonds is 5. The van der Waals surface area contributed by atoms with Crippen molar-refractivity contribution in [1.82, 2.24) is 14.9 Å². The van der Waals surface area contributed by atoms with Crippen molar-refractivity contribution >= 4 is 11.8 Å². The van der Waals surface area contributed by atoms with Gasteiger partial charge in [0, 0.05) is 37.4 Å². The van der Waals surface area contributed by atoms with Crippen LogP contribution in [0.2, 0.25) is 0 Å². The SMILES string of the molecule is Cc1cc(N2Cc3ccccc3C[C@@H]2C)nc(NCCN(C)C)n1. The number of hydrogen-bond acceptors (Lipinski definition) is 5. The summed E-state index contributed by atoms with van der Waals surface area (Å²) in [4.78, 5) is 13.8. The minimum atomic E-state index is 0.434. The van der Waals surface area contributed by atoms with E-state index in [2.05, 4.69) is 71.5 Å². The maximum Gasteiger partial charge on any atom is 0.224 e. The summed E-state index contributed by atoms with van der Waals surface area (Å²) in [5.74, 6) is 1.73. The number of benzene rings is 1. The molecule has 0 aliphatic carbocycles. The first-order valence-electron chi connectivity index (χ1n) is 8.60. The van der Waals surface area contributed by atoms with Gasteiger partial charge >= 0.3 is 0 Å². The first kappa shape index (κ1) is 16.7. The predicted octanol–water partition coefficient (Wildman–Crippen LogP) is 2.71. The monoisotopic (exact) mass is 325 g/mol. The fourth-order valence-electron chi connectivity index (χ4n) is 3.15. The summed E-state index contributed by atoms with van der Waals surface area (Å²) in [5, 5.41) is 3.34. The van der Waals surface area contributed by atoms with Crippen LogP contribution in [0.5, 0.6) is 0 Å². The molecular weight excluding hydrogens is 298 g/mol. The van der Waals surface area contributed by atoms with Crippen LogP contribution < -0.4 is 10.2 Å². The van der Waals surface area contributed by atoms with Crippen molar-refractivity contribution in [3.63, 3.8) is 0 Å². The molecule has 0 saturated heterocycles. The molecule has 0 spiro atoms. The van der Waals surface area contributed by atoms with Gasteiger partial charge in [0.2, 0.25) is 5.95 Å². The van der Waals surface area contributed by atoms with Crippen molar-refractivity contribution in [2.75, 3.05) is 37.4 Å². The quantitative estimate of drug-likeness (QED) is 0.916. The van der Waals surface area contributed by atoms with Gasteiger partial charge in [0.15, 0.2) is 0 Å². The van der Waals surface area contributed by atoms with Gasteiger partial charge in [-0.25, -0.2) is 4.98 Å². The van der Waals surface area contributed by atoms with E-state index in [1.54, 1.807) is 0 Å². The number of fused-ring (bicyclic) bond motifs is 1. The highest BCUT2D eigenvalue weighted by molar-refractivity contribution is 5.49. The minimum absolute atomic E-state index is 0.434. The Morgan fingerprint density at radius 1 is 1.21 bits per heavy atom. The van der Waals surface area contributed by atoms with Crippen LogP contribution in [0.25, 0.3) is 0 Å². The smallest absolute Gasteiger partial charge is 0.224 e. The van der Waals surface area contributed by atoms with Crippen LogP contribution in [0.15, 0.2) is 30.3 Å². The van der Waals surface area contributed by atoms with E-state index < -0.39 is 0 Å². The lowest BCUT2D eigenvalue weighted by Gasteiger charge is -2.36. The van der Waals surface area contributed by atoms with Gasteiger partial charge in [0.1, 0.15) is 5.82 Å². The van der Waals surface area contributed by atoms with Crippen LogP contribution in [0.4, 0.5) is 11.8 Å². The molecule has 0 bridgehead atoms. The number of nitrogens with one attached hydrogen (secondary N) is 1. The molecule has 1 aromatic heterocycles. The van der Waals surface area contributed by atoms with Crippen molar-refractivity contribution in [3.05, 3.63) is 47.2 Å². The molecule has 5 heteroatoms. The third-order valence-electron chi connectivity index (χ3n) is 4.48. The van der Waals surface area contributed by atoms with Crippen LogP contribution in [0.3, 0.4) is 0 Å². The standard InChI is InChI=1S/C19H27N5/c1-14-11-18(22-19(21-14)20-9-10-23(3)4)24-13-17-8-6-5-7-16(17)12-15(24)2/h5-8,11,15H,9-10,12-13H2,1-4H3,(H,20,21,22)/t15-/m0/s1. The van der Waals surface area contributed by atoms with Crippen LogP contribution in [-0.2, 0) is 13.0 Å². The van der Waals surface area contributed by atoms with E-state index in [9.17, 15) is 0 Å². The second-order valence-corrected chi connectivity index (χ2v) is 6.87. The van der Waals surface area contributed by atoms with Gasteiger partial charge in [-0.05, 0) is 45.5 Å². The van der Waals surface area contributed by atoms with Crippen molar-refractivity contribution in [1.29, 1.82) is 0 Å². The second kappa shape index (κ2) is 7.18. The average molecular weight is 325 g/mol. The van der Waals surface area contributed by atoms with Crippen LogP contribution >= 0.6 is 0 Å². The fraction of sp³-hybridized carbons (Fsp3) is 0.474. The van der Waals surface area contributed by atoms with E-state index in [0.717, 1.165) is 43.5 Å². The molecule has 0 amide bonds. The van der Waals surface area contributed by atoms with Crippen LogP contribution in [0.1, 0.15) is 23.7 Å². The number of likely N-dealkylation sites (N-methyl/N-ethyl adjacent to an activating group) is 1. The van der Waals surface area contributed by atoms with E-state index in [4.69, 9.17) is 4.98 Å². The van der Waals surface area contributed by atoms with Gasteiger partial charge in [0.25, 0.3) is 0 Å². The largest absolute Gasteiger partial charge is 0.353 e. The summed E-state index contributed by atoms with van der Waals surface area (Å²) in [6.07, 6.45) is 1.06. The molecule has 3 rings (SSSR count). The lowest BCUT2D eigenvalue weighted by atomic mass is 9.95. The Morgan fingerprint density at radius 2 is 1.96 bits per heavy atom. The highest BCUT2D eigenvalue weighted by Gasteiger charge is 2.24. The molecule has 2 heterocycles.